The van der Waals surface area contributed by atoms with Gasteiger partial charge in [0.1, 0.15) is 6.04 Å². The Kier molecular flexibility index (Phi) is 8.68. The zero-order valence-corrected chi connectivity index (χ0v) is 15.8. The van der Waals surface area contributed by atoms with E-state index in [0.29, 0.717) is 13.2 Å². The standard InChI is InChI=1S/C21H25N3O4/c1-16(25)22-13-20(26)24-19(15-28-14-18-10-6-3-7-11-18)21(27)23-12-17-8-4-2-5-9-17/h2-11,19H,12-15H2,1H3,(H,22,25)(H,23,27)(H,24,26)/t19-/m1/s1. The van der Waals surface area contributed by atoms with Crippen molar-refractivity contribution in [3.8, 4) is 0 Å². The highest BCUT2D eigenvalue weighted by atomic mass is 16.5. The molecule has 0 unspecified atom stereocenters. The third-order valence-corrected chi connectivity index (χ3v) is 3.86. The second kappa shape index (κ2) is 11.5. The van der Waals surface area contributed by atoms with Gasteiger partial charge in [0.25, 0.3) is 0 Å². The van der Waals surface area contributed by atoms with Crippen LogP contribution in [0.25, 0.3) is 0 Å². The summed E-state index contributed by atoms with van der Waals surface area (Å²) in [4.78, 5) is 35.5. The number of hydrogen-bond donors (Lipinski definition) is 3. The monoisotopic (exact) mass is 383 g/mol. The van der Waals surface area contributed by atoms with Crippen molar-refractivity contribution in [3.63, 3.8) is 0 Å². The van der Waals surface area contributed by atoms with Gasteiger partial charge in [-0.15, -0.1) is 0 Å². The van der Waals surface area contributed by atoms with E-state index < -0.39 is 11.9 Å². The van der Waals surface area contributed by atoms with Gasteiger partial charge in [-0.25, -0.2) is 0 Å². The summed E-state index contributed by atoms with van der Waals surface area (Å²) in [5.74, 6) is -1.13. The fourth-order valence-electron chi connectivity index (χ4n) is 2.41. The van der Waals surface area contributed by atoms with E-state index in [9.17, 15) is 14.4 Å². The van der Waals surface area contributed by atoms with Gasteiger partial charge in [0, 0.05) is 13.5 Å². The minimum atomic E-state index is -0.867. The lowest BCUT2D eigenvalue weighted by Crippen LogP contribution is -2.51. The first-order valence-corrected chi connectivity index (χ1v) is 9.01. The second-order valence-electron chi connectivity index (χ2n) is 6.23. The van der Waals surface area contributed by atoms with Gasteiger partial charge in [0.2, 0.25) is 17.7 Å². The van der Waals surface area contributed by atoms with Gasteiger partial charge in [-0.05, 0) is 11.1 Å². The van der Waals surface area contributed by atoms with Crippen LogP contribution in [0.2, 0.25) is 0 Å². The summed E-state index contributed by atoms with van der Waals surface area (Å²) in [5.41, 5.74) is 1.92. The van der Waals surface area contributed by atoms with Crippen LogP contribution < -0.4 is 16.0 Å². The summed E-state index contributed by atoms with van der Waals surface area (Å²) >= 11 is 0. The van der Waals surface area contributed by atoms with Crippen LogP contribution in [-0.2, 0) is 32.3 Å². The Bertz CT molecular complexity index is 766. The van der Waals surface area contributed by atoms with Crippen LogP contribution in [-0.4, -0.2) is 36.9 Å². The van der Waals surface area contributed by atoms with Gasteiger partial charge in [-0.3, -0.25) is 14.4 Å². The predicted octanol–water partition coefficient (Wildman–Crippen LogP) is 1.14. The van der Waals surface area contributed by atoms with E-state index in [1.165, 1.54) is 6.92 Å². The normalized spacial score (nSPS) is 11.3. The third kappa shape index (κ3) is 8.01. The molecule has 2 aromatic carbocycles. The van der Waals surface area contributed by atoms with Crippen LogP contribution in [0.4, 0.5) is 0 Å². The van der Waals surface area contributed by atoms with Gasteiger partial charge in [-0.1, -0.05) is 60.7 Å². The lowest BCUT2D eigenvalue weighted by atomic mass is 10.2. The molecule has 0 aliphatic heterocycles. The first kappa shape index (κ1) is 21.1. The summed E-state index contributed by atoms with van der Waals surface area (Å²) in [6, 6.07) is 18.1. The molecule has 0 saturated carbocycles. The summed E-state index contributed by atoms with van der Waals surface area (Å²) in [6.45, 7) is 1.80. The highest BCUT2D eigenvalue weighted by Crippen LogP contribution is 2.02. The molecule has 0 heterocycles. The Morgan fingerprint density at radius 1 is 0.893 bits per heavy atom. The first-order valence-electron chi connectivity index (χ1n) is 9.01. The molecule has 3 N–H and O–H groups in total. The highest BCUT2D eigenvalue weighted by molar-refractivity contribution is 5.89. The van der Waals surface area contributed by atoms with E-state index in [4.69, 9.17) is 4.74 Å². The molecule has 0 aliphatic carbocycles. The molecule has 0 bridgehead atoms. The quantitative estimate of drug-likeness (QED) is 0.573. The van der Waals surface area contributed by atoms with E-state index in [0.717, 1.165) is 11.1 Å². The predicted molar refractivity (Wildman–Crippen MR) is 105 cm³/mol. The average Bonchev–Trinajstić information content (AvgIpc) is 2.71. The van der Waals surface area contributed by atoms with Crippen molar-refractivity contribution in [2.75, 3.05) is 13.2 Å². The van der Waals surface area contributed by atoms with Crippen LogP contribution >= 0.6 is 0 Å². The number of ether oxygens (including phenoxy) is 1. The van der Waals surface area contributed by atoms with Crippen LogP contribution in [0.15, 0.2) is 60.7 Å². The maximum absolute atomic E-state index is 12.5. The second-order valence-corrected chi connectivity index (χ2v) is 6.23. The van der Waals surface area contributed by atoms with Crippen molar-refractivity contribution in [2.45, 2.75) is 26.1 Å². The molecule has 0 radical (unpaired) electrons. The molecular weight excluding hydrogens is 358 g/mol. The van der Waals surface area contributed by atoms with Crippen molar-refractivity contribution >= 4 is 17.7 Å². The van der Waals surface area contributed by atoms with E-state index in [-0.39, 0.29) is 25.0 Å². The zero-order valence-electron chi connectivity index (χ0n) is 15.8. The van der Waals surface area contributed by atoms with Crippen molar-refractivity contribution < 1.29 is 19.1 Å². The molecule has 0 spiro atoms. The molecule has 2 aromatic rings. The van der Waals surface area contributed by atoms with Crippen LogP contribution in [0.3, 0.4) is 0 Å². The van der Waals surface area contributed by atoms with Gasteiger partial charge in [-0.2, -0.15) is 0 Å². The molecule has 0 saturated heterocycles. The van der Waals surface area contributed by atoms with Gasteiger partial charge in [0.05, 0.1) is 19.8 Å². The molecular formula is C21H25N3O4. The molecule has 7 heteroatoms. The molecule has 0 aromatic heterocycles. The van der Waals surface area contributed by atoms with Gasteiger partial charge >= 0.3 is 0 Å². The Morgan fingerprint density at radius 2 is 1.50 bits per heavy atom. The Balaban J connectivity index is 1.90. The minimum Gasteiger partial charge on any atom is -0.374 e. The van der Waals surface area contributed by atoms with Gasteiger partial charge < -0.3 is 20.7 Å². The summed E-state index contributed by atoms with van der Waals surface area (Å²) < 4.78 is 5.62. The first-order chi connectivity index (χ1) is 13.5. The van der Waals surface area contributed by atoms with Crippen LogP contribution in [0.5, 0.6) is 0 Å². The van der Waals surface area contributed by atoms with E-state index in [2.05, 4.69) is 16.0 Å². The molecule has 0 aliphatic rings. The molecule has 0 fully saturated rings. The zero-order chi connectivity index (χ0) is 20.2. The van der Waals surface area contributed by atoms with Crippen LogP contribution in [0.1, 0.15) is 18.1 Å². The maximum Gasteiger partial charge on any atom is 0.245 e. The number of hydrogen-bond acceptors (Lipinski definition) is 4. The smallest absolute Gasteiger partial charge is 0.245 e. The average molecular weight is 383 g/mol. The van der Waals surface area contributed by atoms with Crippen molar-refractivity contribution in [1.82, 2.24) is 16.0 Å². The number of carbonyl (C=O) groups is 3. The lowest BCUT2D eigenvalue weighted by molar-refractivity contribution is -0.131. The number of amides is 3. The molecule has 1 atom stereocenters. The Hall–Kier alpha value is -3.19. The van der Waals surface area contributed by atoms with E-state index in [1.807, 2.05) is 60.7 Å². The highest BCUT2D eigenvalue weighted by Gasteiger charge is 2.21. The summed E-state index contributed by atoms with van der Waals surface area (Å²) in [6.07, 6.45) is 0. The fourth-order valence-corrected chi connectivity index (χ4v) is 2.41. The van der Waals surface area contributed by atoms with Crippen molar-refractivity contribution in [1.29, 1.82) is 0 Å². The summed E-state index contributed by atoms with van der Waals surface area (Å²) in [5, 5.41) is 7.81. The largest absolute Gasteiger partial charge is 0.374 e. The SMILES string of the molecule is CC(=O)NCC(=O)N[C@H](COCc1ccccc1)C(=O)NCc1ccccc1. The fraction of sp³-hybridized carbons (Fsp3) is 0.286. The lowest BCUT2D eigenvalue weighted by Gasteiger charge is -2.19. The van der Waals surface area contributed by atoms with Crippen molar-refractivity contribution in [2.24, 2.45) is 0 Å². The van der Waals surface area contributed by atoms with Crippen molar-refractivity contribution in [3.05, 3.63) is 71.8 Å². The Labute approximate surface area is 164 Å². The number of carbonyl (C=O) groups excluding carboxylic acids is 3. The minimum absolute atomic E-state index is 0.0152. The third-order valence-electron chi connectivity index (χ3n) is 3.86. The molecule has 3 amide bonds. The molecule has 7 nitrogen and oxygen atoms in total. The van der Waals surface area contributed by atoms with E-state index >= 15 is 0 Å². The number of rotatable bonds is 10. The molecule has 28 heavy (non-hydrogen) atoms. The molecule has 2 rings (SSSR count). The maximum atomic E-state index is 12.5. The Morgan fingerprint density at radius 3 is 2.11 bits per heavy atom. The van der Waals surface area contributed by atoms with E-state index in [1.54, 1.807) is 0 Å². The molecule has 148 valence electrons. The van der Waals surface area contributed by atoms with Gasteiger partial charge in [0.15, 0.2) is 0 Å². The number of benzene rings is 2. The summed E-state index contributed by atoms with van der Waals surface area (Å²) in [7, 11) is 0. The van der Waals surface area contributed by atoms with Crippen LogP contribution in [0, 0.1) is 0 Å². The number of nitrogens with one attached hydrogen (secondary N) is 3. The topological polar surface area (TPSA) is 96.5 Å².